The van der Waals surface area contributed by atoms with Gasteiger partial charge < -0.3 is 23.6 Å². The number of allylic oxidation sites excluding steroid dienone is 10. The third-order valence-electron chi connectivity index (χ3n) is 9.11. The number of carbonyl (C=O) groups excluding carboxylic acids is 2. The van der Waals surface area contributed by atoms with Gasteiger partial charge in [-0.3, -0.25) is 18.6 Å². The molecule has 0 saturated carbocycles. The Morgan fingerprint density at radius 1 is 0.632 bits per heavy atom. The van der Waals surface area contributed by atoms with E-state index >= 15 is 0 Å². The van der Waals surface area contributed by atoms with Crippen molar-refractivity contribution in [3.05, 3.63) is 72.9 Å². The lowest BCUT2D eigenvalue weighted by Gasteiger charge is -2.24. The average molecular weight is 821 g/mol. The molecule has 1 saturated heterocycles. The largest absolute Gasteiger partial charge is 0.472 e. The number of likely N-dealkylation sites (N-methyl/N-ethyl adjacent to an activating group) is 1. The summed E-state index contributed by atoms with van der Waals surface area (Å²) in [6.07, 6.45) is 44.2. The normalized spacial score (nSPS) is 17.9. The molecule has 0 aromatic heterocycles. The van der Waals surface area contributed by atoms with Crippen LogP contribution in [-0.4, -0.2) is 87.1 Å². The van der Waals surface area contributed by atoms with Crippen LogP contribution in [0.25, 0.3) is 0 Å². The highest BCUT2D eigenvalue weighted by Crippen LogP contribution is 2.43. The highest BCUT2D eigenvalue weighted by atomic mass is 31.2. The number of carbonyl (C=O) groups is 2. The molecule has 1 aliphatic rings. The molecule has 1 fully saturated rings. The van der Waals surface area contributed by atoms with Gasteiger partial charge in [-0.1, -0.05) is 112 Å². The summed E-state index contributed by atoms with van der Waals surface area (Å²) in [7, 11) is 1.40. The van der Waals surface area contributed by atoms with Gasteiger partial charge in [0.1, 0.15) is 19.8 Å². The van der Waals surface area contributed by atoms with Gasteiger partial charge in [-0.15, -0.1) is 0 Å². The van der Waals surface area contributed by atoms with Crippen LogP contribution in [0.5, 0.6) is 0 Å². The molecule has 4 atom stereocenters. The van der Waals surface area contributed by atoms with Gasteiger partial charge in [0, 0.05) is 12.8 Å². The molecule has 57 heavy (non-hydrogen) atoms. The van der Waals surface area contributed by atoms with Crippen LogP contribution in [0.15, 0.2) is 72.9 Å². The van der Waals surface area contributed by atoms with Crippen LogP contribution < -0.4 is 0 Å². The Balaban J connectivity index is 2.37. The van der Waals surface area contributed by atoms with E-state index in [9.17, 15) is 19.0 Å². The van der Waals surface area contributed by atoms with Gasteiger partial charge in [0.05, 0.1) is 40.0 Å². The molecule has 0 radical (unpaired) electrons. The minimum atomic E-state index is -4.41. The fourth-order valence-corrected chi connectivity index (χ4v) is 6.26. The lowest BCUT2D eigenvalue weighted by molar-refractivity contribution is -0.870. The van der Waals surface area contributed by atoms with Crippen LogP contribution in [0.1, 0.15) is 142 Å². The molecule has 326 valence electrons. The number of hydrogen-bond acceptors (Lipinski definition) is 8. The number of hydrogen-bond donors (Lipinski definition) is 1. The van der Waals surface area contributed by atoms with Gasteiger partial charge in [0.2, 0.25) is 0 Å². The number of phosphoric acid groups is 1. The summed E-state index contributed by atoms with van der Waals surface area (Å²) in [5.41, 5.74) is 0. The van der Waals surface area contributed by atoms with Gasteiger partial charge in [0.25, 0.3) is 0 Å². The van der Waals surface area contributed by atoms with Crippen LogP contribution in [0.3, 0.4) is 0 Å². The number of nitrogens with zero attached hydrogens (tertiary/aromatic N) is 1. The second-order valence-corrected chi connectivity index (χ2v) is 17.2. The number of esters is 2. The second kappa shape index (κ2) is 34.3. The van der Waals surface area contributed by atoms with E-state index in [1.807, 2.05) is 27.2 Å². The van der Waals surface area contributed by atoms with Crippen molar-refractivity contribution in [2.45, 2.75) is 161 Å². The van der Waals surface area contributed by atoms with Crippen molar-refractivity contribution in [3.8, 4) is 0 Å². The van der Waals surface area contributed by atoms with E-state index in [-0.39, 0.29) is 26.1 Å². The standard InChI is InChI=1S/C46H78NO9P/c1-6-8-10-12-14-15-16-17-18-19-20-21-24-28-32-36-45(48)52-40-42(41-54-57(50,51)53-39-38-47(3,4)5)55-46(49)37-33-29-25-22-23-27-31-35-44-43(56-44)34-30-26-13-11-9-7-2/h14-15,17-18,20-22,25-27,30-31,42-44H,6-13,16,19,23-24,28-29,32-41H2,1-5H3/p+1/b15-14-,18-17-,21-20-,25-22-,30-26-,31-27-/t42-,43?,44?/m1/s1. The Morgan fingerprint density at radius 3 is 1.67 bits per heavy atom. The summed E-state index contributed by atoms with van der Waals surface area (Å²) >= 11 is 0. The topological polar surface area (TPSA) is 121 Å². The van der Waals surface area contributed by atoms with Crippen molar-refractivity contribution in [1.29, 1.82) is 0 Å². The van der Waals surface area contributed by atoms with Crippen molar-refractivity contribution in [2.24, 2.45) is 0 Å². The lowest BCUT2D eigenvalue weighted by atomic mass is 10.1. The number of unbranched alkanes of at least 4 members (excludes halogenated alkanes) is 9. The van der Waals surface area contributed by atoms with Crippen molar-refractivity contribution < 1.29 is 46.8 Å². The van der Waals surface area contributed by atoms with Crippen LogP contribution in [0.4, 0.5) is 0 Å². The first kappa shape index (κ1) is 52.4. The highest BCUT2D eigenvalue weighted by Gasteiger charge is 2.36. The number of ether oxygens (including phenoxy) is 3. The Morgan fingerprint density at radius 2 is 1.11 bits per heavy atom. The third kappa shape index (κ3) is 35.1. The number of epoxide rings is 1. The summed E-state index contributed by atoms with van der Waals surface area (Å²) in [4.78, 5) is 35.3. The van der Waals surface area contributed by atoms with Crippen LogP contribution >= 0.6 is 7.82 Å². The Bertz CT molecular complexity index is 1270. The van der Waals surface area contributed by atoms with E-state index in [2.05, 4.69) is 80.7 Å². The molecule has 0 spiro atoms. The first-order chi connectivity index (χ1) is 27.5. The van der Waals surface area contributed by atoms with E-state index < -0.39 is 32.5 Å². The maximum absolute atomic E-state index is 12.7. The molecule has 1 N–H and O–H groups in total. The zero-order chi connectivity index (χ0) is 41.9. The summed E-state index contributed by atoms with van der Waals surface area (Å²) < 4.78 is 39.9. The molecule has 10 nitrogen and oxygen atoms in total. The minimum absolute atomic E-state index is 0.00922. The van der Waals surface area contributed by atoms with E-state index in [1.54, 1.807) is 0 Å². The number of phosphoric ester groups is 1. The summed E-state index contributed by atoms with van der Waals surface area (Å²) in [5, 5.41) is 0. The molecule has 0 bridgehead atoms. The predicted molar refractivity (Wildman–Crippen MR) is 233 cm³/mol. The SMILES string of the molecule is CCCCC/C=C\C/C=C\C/C=C\CCCCC(=O)OC[C@H](COP(=O)(O)OCC[N+](C)(C)C)OC(=O)CCC/C=C\C/C=C\CC1OC1C/C=C\CCCCC. The maximum Gasteiger partial charge on any atom is 0.472 e. The molecule has 1 rings (SSSR count). The van der Waals surface area contributed by atoms with Crippen LogP contribution in [0.2, 0.25) is 0 Å². The van der Waals surface area contributed by atoms with Crippen molar-refractivity contribution in [2.75, 3.05) is 47.5 Å². The molecule has 1 aliphatic heterocycles. The molecule has 0 amide bonds. The van der Waals surface area contributed by atoms with E-state index in [0.717, 1.165) is 57.8 Å². The Labute approximate surface area is 346 Å². The van der Waals surface area contributed by atoms with Crippen LogP contribution in [-0.2, 0) is 37.4 Å². The van der Waals surface area contributed by atoms with E-state index in [4.69, 9.17) is 23.3 Å². The molecule has 0 aliphatic carbocycles. The van der Waals surface area contributed by atoms with Gasteiger partial charge in [-0.25, -0.2) is 4.57 Å². The molecular formula is C46H79NO9P+. The van der Waals surface area contributed by atoms with Crippen molar-refractivity contribution >= 4 is 19.8 Å². The molecule has 0 aromatic carbocycles. The zero-order valence-electron chi connectivity index (χ0n) is 36.2. The molecule has 3 unspecified atom stereocenters. The monoisotopic (exact) mass is 821 g/mol. The molecule has 0 aromatic rings. The summed E-state index contributed by atoms with van der Waals surface area (Å²) in [5.74, 6) is -0.923. The fraction of sp³-hybridized carbons (Fsp3) is 0.696. The predicted octanol–water partition coefficient (Wildman–Crippen LogP) is 11.2. The lowest BCUT2D eigenvalue weighted by Crippen LogP contribution is -2.37. The average Bonchev–Trinajstić information content (AvgIpc) is 3.92. The third-order valence-corrected chi connectivity index (χ3v) is 10.1. The van der Waals surface area contributed by atoms with Crippen molar-refractivity contribution in [3.63, 3.8) is 0 Å². The Kier molecular flexibility index (Phi) is 31.5. The molecular weight excluding hydrogens is 741 g/mol. The minimum Gasteiger partial charge on any atom is -0.462 e. The van der Waals surface area contributed by atoms with E-state index in [1.165, 1.54) is 38.5 Å². The zero-order valence-corrected chi connectivity index (χ0v) is 37.1. The summed E-state index contributed by atoms with van der Waals surface area (Å²) in [6, 6.07) is 0. The van der Waals surface area contributed by atoms with Gasteiger partial charge >= 0.3 is 19.8 Å². The number of rotatable bonds is 37. The van der Waals surface area contributed by atoms with Gasteiger partial charge in [0.15, 0.2) is 6.10 Å². The summed E-state index contributed by atoms with van der Waals surface area (Å²) in [6.45, 7) is 4.22. The number of quaternary nitrogens is 1. The first-order valence-corrected chi connectivity index (χ1v) is 23.3. The molecule has 1 heterocycles. The Hall–Kier alpha value is -2.59. The van der Waals surface area contributed by atoms with E-state index in [0.29, 0.717) is 42.5 Å². The quantitative estimate of drug-likeness (QED) is 0.0163. The smallest absolute Gasteiger partial charge is 0.462 e. The van der Waals surface area contributed by atoms with Gasteiger partial charge in [-0.05, 0) is 89.9 Å². The van der Waals surface area contributed by atoms with Crippen LogP contribution in [0, 0.1) is 0 Å². The second-order valence-electron chi connectivity index (χ2n) is 15.8. The molecule has 11 heteroatoms. The fourth-order valence-electron chi connectivity index (χ4n) is 5.52. The highest BCUT2D eigenvalue weighted by molar-refractivity contribution is 7.47. The maximum atomic E-state index is 12.7. The van der Waals surface area contributed by atoms with Gasteiger partial charge in [-0.2, -0.15) is 0 Å². The van der Waals surface area contributed by atoms with Crippen molar-refractivity contribution in [1.82, 2.24) is 0 Å². The first-order valence-electron chi connectivity index (χ1n) is 21.8.